The van der Waals surface area contributed by atoms with Crippen molar-refractivity contribution >= 4 is 12.6 Å². The van der Waals surface area contributed by atoms with Gasteiger partial charge in [0.15, 0.2) is 0 Å². The maximum atomic E-state index is 10.1. The lowest BCUT2D eigenvalue weighted by Crippen LogP contribution is -2.02. The molecule has 0 fully saturated rings. The molecular weight excluding hydrogens is 298 g/mol. The second kappa shape index (κ2) is 5.38. The van der Waals surface area contributed by atoms with Crippen LogP contribution < -0.4 is 0 Å². The van der Waals surface area contributed by atoms with Crippen molar-refractivity contribution in [1.82, 2.24) is 15.0 Å². The summed E-state index contributed by atoms with van der Waals surface area (Å²) in [5.41, 5.74) is 4.25. The maximum Gasteiger partial charge on any atom is 0.145 e. The van der Waals surface area contributed by atoms with Gasteiger partial charge in [-0.05, 0) is 37.1 Å². The zero-order valence-electron chi connectivity index (χ0n) is 12.1. The number of nitrogens with zero attached hydrogens (tertiary/aromatic N) is 3. The van der Waals surface area contributed by atoms with E-state index in [2.05, 4.69) is 22.9 Å². The number of hydrogen-bond donors (Lipinski definition) is 3. The van der Waals surface area contributed by atoms with Crippen LogP contribution in [0.3, 0.4) is 0 Å². The van der Waals surface area contributed by atoms with Crippen LogP contribution in [0.25, 0.3) is 16.9 Å². The van der Waals surface area contributed by atoms with Gasteiger partial charge in [0.1, 0.15) is 27.9 Å². The van der Waals surface area contributed by atoms with E-state index in [1.54, 1.807) is 6.07 Å². The molecule has 22 heavy (non-hydrogen) atoms. The van der Waals surface area contributed by atoms with Crippen LogP contribution in [0.4, 0.5) is 0 Å². The summed E-state index contributed by atoms with van der Waals surface area (Å²) < 4.78 is 1.53. The molecule has 0 radical (unpaired) electrons. The quantitative estimate of drug-likeness (QED) is 0.635. The van der Waals surface area contributed by atoms with E-state index in [0.29, 0.717) is 16.4 Å². The minimum atomic E-state index is -0.0780. The molecule has 0 aliphatic heterocycles. The highest BCUT2D eigenvalue weighted by Gasteiger charge is 2.19. The molecule has 0 atom stereocenters. The Labute approximate surface area is 133 Å². The Morgan fingerprint density at radius 3 is 2.36 bits per heavy atom. The van der Waals surface area contributed by atoms with Crippen molar-refractivity contribution in [2.75, 3.05) is 0 Å². The Hall–Kier alpha value is -2.47. The highest BCUT2D eigenvalue weighted by Crippen LogP contribution is 2.35. The van der Waals surface area contributed by atoms with E-state index in [4.69, 9.17) is 0 Å². The van der Waals surface area contributed by atoms with Gasteiger partial charge in [-0.2, -0.15) is 0 Å². The van der Waals surface area contributed by atoms with Crippen LogP contribution in [0.15, 0.2) is 41.4 Å². The van der Waals surface area contributed by atoms with Crippen LogP contribution in [-0.4, -0.2) is 25.2 Å². The molecule has 3 aromatic rings. The van der Waals surface area contributed by atoms with Gasteiger partial charge in [-0.15, -0.1) is 17.7 Å². The zero-order chi connectivity index (χ0) is 15.9. The third-order valence-corrected chi connectivity index (χ3v) is 3.86. The van der Waals surface area contributed by atoms with Crippen LogP contribution in [0.2, 0.25) is 0 Å². The monoisotopic (exact) mass is 313 g/mol. The van der Waals surface area contributed by atoms with Crippen molar-refractivity contribution < 1.29 is 10.2 Å². The Kier molecular flexibility index (Phi) is 3.54. The minimum absolute atomic E-state index is 0.0129. The van der Waals surface area contributed by atoms with Gasteiger partial charge in [0.05, 0.1) is 0 Å². The van der Waals surface area contributed by atoms with Crippen molar-refractivity contribution in [3.8, 4) is 28.4 Å². The van der Waals surface area contributed by atoms with E-state index in [-0.39, 0.29) is 11.5 Å². The summed E-state index contributed by atoms with van der Waals surface area (Å²) >= 11 is 4.40. The number of benzene rings is 2. The van der Waals surface area contributed by atoms with E-state index < -0.39 is 0 Å². The Balaban J connectivity index is 2.29. The second-order valence-electron chi connectivity index (χ2n) is 5.11. The van der Waals surface area contributed by atoms with Gasteiger partial charge in [-0.1, -0.05) is 23.4 Å². The summed E-state index contributed by atoms with van der Waals surface area (Å²) in [7, 11) is 0. The standard InChI is InChI=1S/C16H15N3O2S/c1-9-4-3-5-10(2)14(9)15-16(22)17-18-19(15)12-7-6-11(20)8-13(12)21/h3-8,20-22H,1-2H3. The molecule has 3 rings (SSSR count). The number of phenols is 2. The van der Waals surface area contributed by atoms with Gasteiger partial charge in [0, 0.05) is 11.6 Å². The zero-order valence-corrected chi connectivity index (χ0v) is 13.0. The summed E-state index contributed by atoms with van der Waals surface area (Å²) in [6.07, 6.45) is 0. The van der Waals surface area contributed by atoms with Crippen molar-refractivity contribution in [3.05, 3.63) is 47.5 Å². The molecular formula is C16H15N3O2S. The highest BCUT2D eigenvalue weighted by atomic mass is 32.1. The normalized spacial score (nSPS) is 10.9. The first-order valence-corrected chi connectivity index (χ1v) is 7.17. The van der Waals surface area contributed by atoms with Gasteiger partial charge in [0.25, 0.3) is 0 Å². The first-order valence-electron chi connectivity index (χ1n) is 6.72. The lowest BCUT2D eigenvalue weighted by molar-refractivity contribution is 0.447. The molecule has 0 amide bonds. The molecule has 1 heterocycles. The number of phenolic OH excluding ortho intramolecular Hbond substituents is 2. The topological polar surface area (TPSA) is 71.2 Å². The van der Waals surface area contributed by atoms with Gasteiger partial charge in [0.2, 0.25) is 0 Å². The third-order valence-electron chi connectivity index (χ3n) is 3.56. The molecule has 5 nitrogen and oxygen atoms in total. The molecule has 0 unspecified atom stereocenters. The fourth-order valence-corrected chi connectivity index (χ4v) is 2.79. The summed E-state index contributed by atoms with van der Waals surface area (Å²) in [6, 6.07) is 10.3. The lowest BCUT2D eigenvalue weighted by Gasteiger charge is -2.13. The number of aryl methyl sites for hydroxylation is 2. The first-order chi connectivity index (χ1) is 10.5. The molecule has 0 aliphatic carbocycles. The van der Waals surface area contributed by atoms with Crippen LogP contribution in [-0.2, 0) is 0 Å². The molecule has 0 aliphatic rings. The van der Waals surface area contributed by atoms with Crippen LogP contribution >= 0.6 is 12.6 Å². The predicted molar refractivity (Wildman–Crippen MR) is 86.9 cm³/mol. The van der Waals surface area contributed by atoms with Gasteiger partial charge >= 0.3 is 0 Å². The number of aromatic nitrogens is 3. The number of hydrogen-bond acceptors (Lipinski definition) is 5. The summed E-state index contributed by atoms with van der Waals surface area (Å²) in [5, 5.41) is 28.1. The smallest absolute Gasteiger partial charge is 0.145 e. The fraction of sp³-hybridized carbons (Fsp3) is 0.125. The number of rotatable bonds is 2. The van der Waals surface area contributed by atoms with Crippen LogP contribution in [0.5, 0.6) is 11.5 Å². The average molecular weight is 313 g/mol. The predicted octanol–water partition coefficient (Wildman–Crippen LogP) is 3.25. The third kappa shape index (κ3) is 2.31. The molecule has 2 aromatic carbocycles. The Morgan fingerprint density at radius 2 is 1.73 bits per heavy atom. The van der Waals surface area contributed by atoms with E-state index in [1.165, 1.54) is 16.8 Å². The van der Waals surface area contributed by atoms with Crippen molar-refractivity contribution in [1.29, 1.82) is 0 Å². The first kappa shape index (κ1) is 14.5. The van der Waals surface area contributed by atoms with E-state index >= 15 is 0 Å². The molecule has 0 bridgehead atoms. The van der Waals surface area contributed by atoms with Crippen molar-refractivity contribution in [2.24, 2.45) is 0 Å². The molecule has 1 aromatic heterocycles. The number of aromatic hydroxyl groups is 2. The van der Waals surface area contributed by atoms with E-state index in [0.717, 1.165) is 16.7 Å². The molecule has 6 heteroatoms. The molecule has 0 saturated carbocycles. The Morgan fingerprint density at radius 1 is 1.05 bits per heavy atom. The van der Waals surface area contributed by atoms with E-state index in [1.807, 2.05) is 32.0 Å². The molecule has 2 N–H and O–H groups in total. The largest absolute Gasteiger partial charge is 0.508 e. The van der Waals surface area contributed by atoms with Crippen molar-refractivity contribution in [2.45, 2.75) is 18.9 Å². The van der Waals surface area contributed by atoms with Gasteiger partial charge in [-0.3, -0.25) is 0 Å². The summed E-state index contributed by atoms with van der Waals surface area (Å²) in [4.78, 5) is 0. The maximum absolute atomic E-state index is 10.1. The van der Waals surface area contributed by atoms with Crippen molar-refractivity contribution in [3.63, 3.8) is 0 Å². The summed E-state index contributed by atoms with van der Waals surface area (Å²) in [5.74, 6) is -0.0909. The fourth-order valence-electron chi connectivity index (χ4n) is 2.54. The van der Waals surface area contributed by atoms with Crippen LogP contribution in [0, 0.1) is 13.8 Å². The Bertz CT molecular complexity index is 838. The highest BCUT2D eigenvalue weighted by molar-refractivity contribution is 7.80. The minimum Gasteiger partial charge on any atom is -0.508 e. The second-order valence-corrected chi connectivity index (χ2v) is 5.54. The van der Waals surface area contributed by atoms with E-state index in [9.17, 15) is 10.2 Å². The number of thiol groups is 1. The average Bonchev–Trinajstić information content (AvgIpc) is 2.81. The lowest BCUT2D eigenvalue weighted by atomic mass is 10.0. The van der Waals surface area contributed by atoms with Gasteiger partial charge in [-0.25, -0.2) is 4.68 Å². The SMILES string of the molecule is Cc1cccc(C)c1-c1c(S)nnn1-c1ccc(O)cc1O. The molecule has 112 valence electrons. The summed E-state index contributed by atoms with van der Waals surface area (Å²) in [6.45, 7) is 4.01. The molecule has 0 spiro atoms. The van der Waals surface area contributed by atoms with Gasteiger partial charge < -0.3 is 10.2 Å². The van der Waals surface area contributed by atoms with Crippen LogP contribution in [0.1, 0.15) is 11.1 Å². The molecule has 0 saturated heterocycles.